The van der Waals surface area contributed by atoms with E-state index in [1.807, 2.05) is 12.3 Å². The molecule has 6 aliphatic rings. The lowest BCUT2D eigenvalue weighted by atomic mass is 9.33. The van der Waals surface area contributed by atoms with Crippen LogP contribution < -0.4 is 10.2 Å². The highest BCUT2D eigenvalue weighted by molar-refractivity contribution is 8.00. The van der Waals surface area contributed by atoms with Gasteiger partial charge in [-0.3, -0.25) is 4.21 Å². The highest BCUT2D eigenvalue weighted by Crippen LogP contribution is 2.76. The Balaban J connectivity index is 1.08. The van der Waals surface area contributed by atoms with Gasteiger partial charge in [0.25, 0.3) is 5.82 Å². The normalized spacial score (nSPS) is 42.0. The monoisotopic (exact) mass is 702 g/mol. The molecular weight excluding hydrogens is 635 g/mol. The van der Waals surface area contributed by atoms with Crippen LogP contribution in [0, 0.1) is 57.8 Å². The summed E-state index contributed by atoms with van der Waals surface area (Å²) in [4.78, 5) is 13.1. The summed E-state index contributed by atoms with van der Waals surface area (Å²) in [5.74, 6) is 9.52. The summed E-state index contributed by atoms with van der Waals surface area (Å²) in [7, 11) is -1.82. The number of pyridine rings is 1. The zero-order valence-electron chi connectivity index (χ0n) is 32.4. The number of anilines is 1. The number of piperidine rings is 1. The van der Waals surface area contributed by atoms with E-state index in [1.165, 1.54) is 75.5 Å². The molecule has 276 valence electrons. The fourth-order valence-corrected chi connectivity index (χ4v) is 15.5. The predicted molar refractivity (Wildman–Crippen MR) is 211 cm³/mol. The second-order valence-electron chi connectivity index (χ2n) is 19.3. The van der Waals surface area contributed by atoms with E-state index in [-0.39, 0.29) is 5.54 Å². The van der Waals surface area contributed by atoms with Gasteiger partial charge in [-0.1, -0.05) is 39.5 Å². The van der Waals surface area contributed by atoms with Gasteiger partial charge in [0.15, 0.2) is 0 Å². The lowest BCUT2D eigenvalue weighted by Gasteiger charge is -2.73. The summed E-state index contributed by atoms with van der Waals surface area (Å²) in [5, 5.41) is 4.03. The van der Waals surface area contributed by atoms with Gasteiger partial charge in [-0.15, -0.1) is 4.98 Å². The number of hydrogen-bond acceptors (Lipinski definition) is 5. The maximum atomic E-state index is 12.3. The zero-order chi connectivity index (χ0) is 35.7. The van der Waals surface area contributed by atoms with Gasteiger partial charge in [-0.05, 0) is 177 Å². The van der Waals surface area contributed by atoms with Crippen molar-refractivity contribution in [3.05, 3.63) is 41.9 Å². The average Bonchev–Trinajstić information content (AvgIpc) is 3.46. The molecule has 2 aliphatic heterocycles. The predicted octanol–water partition coefficient (Wildman–Crippen LogP) is 8.47. The molecule has 1 aromatic heterocycles. The minimum atomic E-state index is -1.82. The van der Waals surface area contributed by atoms with Gasteiger partial charge in [0.1, 0.15) is 6.20 Å². The van der Waals surface area contributed by atoms with Crippen molar-refractivity contribution in [3.8, 4) is 0 Å². The Morgan fingerprint density at radius 3 is 2.42 bits per heavy atom. The van der Waals surface area contributed by atoms with Gasteiger partial charge in [0.05, 0.1) is 5.69 Å². The molecule has 0 spiro atoms. The van der Waals surface area contributed by atoms with E-state index in [4.69, 9.17) is 6.57 Å². The van der Waals surface area contributed by atoms with E-state index in [1.54, 1.807) is 0 Å². The molecule has 6 fully saturated rings. The maximum Gasteiger partial charge on any atom is 0.269 e. The number of aromatic nitrogens is 1. The molecule has 7 rings (SSSR count). The van der Waals surface area contributed by atoms with Crippen molar-refractivity contribution < 1.29 is 4.21 Å². The molecule has 1 N–H and O–H groups in total. The van der Waals surface area contributed by atoms with E-state index in [2.05, 4.69) is 85.0 Å². The fraction of sp³-hybridized carbons (Fsp3) is 0.791. The molecule has 4 saturated carbocycles. The standard InChI is InChI=1S/C43H67N5OS/c1-31(2)33-15-18-43(30-45-22-10-23-47-25-27-50(9,49)28-26-47)20-19-41(6)34(38(33)43)12-13-36-40(5)21-24-48(32-11-14-37(44-8)46-29-32)39(3,4)35(40)16-17-42(36,41)7/h11,14,29,33-36,38,45H,1,9-10,12-13,15-28,30H2,2-7H3/t33-,34+,35-,36+,38+,40-,41+,42+,43+/m0/s1. The number of nitrogens with one attached hydrogen (secondary N) is 1. The van der Waals surface area contributed by atoms with Gasteiger partial charge in [-0.25, -0.2) is 0 Å². The van der Waals surface area contributed by atoms with Gasteiger partial charge < -0.3 is 20.0 Å². The smallest absolute Gasteiger partial charge is 0.269 e. The highest BCUT2D eigenvalue weighted by Gasteiger charge is 2.70. The van der Waals surface area contributed by atoms with E-state index < -0.39 is 9.52 Å². The average molecular weight is 702 g/mol. The first-order valence-electron chi connectivity index (χ1n) is 20.1. The van der Waals surface area contributed by atoms with Crippen LogP contribution in [0.1, 0.15) is 106 Å². The second kappa shape index (κ2) is 12.9. The van der Waals surface area contributed by atoms with Gasteiger partial charge >= 0.3 is 0 Å². The van der Waals surface area contributed by atoms with Gasteiger partial charge in [-0.2, -0.15) is 0 Å². The summed E-state index contributed by atoms with van der Waals surface area (Å²) in [6.45, 7) is 33.9. The first-order chi connectivity index (χ1) is 23.6. The molecule has 9 atom stereocenters. The highest BCUT2D eigenvalue weighted by atomic mass is 32.2. The number of rotatable bonds is 8. The Morgan fingerprint density at radius 2 is 1.74 bits per heavy atom. The molecule has 50 heavy (non-hydrogen) atoms. The van der Waals surface area contributed by atoms with Crippen LogP contribution in [-0.4, -0.2) is 76.3 Å². The van der Waals surface area contributed by atoms with Crippen LogP contribution in [0.15, 0.2) is 30.5 Å². The van der Waals surface area contributed by atoms with Gasteiger partial charge in [0.2, 0.25) is 0 Å². The van der Waals surface area contributed by atoms with Crippen LogP contribution in [0.4, 0.5) is 11.5 Å². The van der Waals surface area contributed by atoms with E-state index in [0.717, 1.165) is 68.5 Å². The molecule has 7 heteroatoms. The summed E-state index contributed by atoms with van der Waals surface area (Å²) >= 11 is 0. The Hall–Kier alpha value is -1.88. The van der Waals surface area contributed by atoms with Crippen LogP contribution in [0.25, 0.3) is 4.85 Å². The van der Waals surface area contributed by atoms with Crippen molar-refractivity contribution in [2.75, 3.05) is 55.7 Å². The third-order valence-electron chi connectivity index (χ3n) is 17.0. The molecular formula is C43H67N5OS. The van der Waals surface area contributed by atoms with E-state index in [0.29, 0.717) is 39.3 Å². The Labute approximate surface area is 305 Å². The first kappa shape index (κ1) is 36.5. The van der Waals surface area contributed by atoms with Crippen LogP contribution in [0.3, 0.4) is 0 Å². The zero-order valence-corrected chi connectivity index (χ0v) is 33.2. The SMILES string of the molecule is [C-]#[N+]c1ccc(N2CC[C@]3(C)[C@H]4CC[C@@H]5[C@H]6[C@H](C(=C)C)CC[C@]6(CNCCCN6CCS(=C)(=O)CC6)CC[C@@]5(C)[C@]4(C)CC[C@H]3C2(C)C)cn1. The van der Waals surface area contributed by atoms with Gasteiger partial charge in [0, 0.05) is 43.2 Å². The third kappa shape index (κ3) is 5.72. The molecule has 3 heterocycles. The summed E-state index contributed by atoms with van der Waals surface area (Å²) in [6, 6.07) is 4.02. The molecule has 2 saturated heterocycles. The lowest BCUT2D eigenvalue weighted by molar-refractivity contribution is -0.227. The quantitative estimate of drug-likeness (QED) is 0.128. The van der Waals surface area contributed by atoms with Crippen LogP contribution in [0.5, 0.6) is 0 Å². The lowest BCUT2D eigenvalue weighted by Crippen LogP contribution is -2.70. The van der Waals surface area contributed by atoms with E-state index in [9.17, 15) is 4.21 Å². The molecule has 0 amide bonds. The van der Waals surface area contributed by atoms with Crippen molar-refractivity contribution in [2.45, 2.75) is 111 Å². The summed E-state index contributed by atoms with van der Waals surface area (Å²) in [5.41, 5.74) is 4.08. The molecule has 6 nitrogen and oxygen atoms in total. The third-order valence-corrected chi connectivity index (χ3v) is 18.8. The Kier molecular flexibility index (Phi) is 9.42. The van der Waals surface area contributed by atoms with Crippen molar-refractivity contribution in [1.29, 1.82) is 0 Å². The van der Waals surface area contributed by atoms with Crippen molar-refractivity contribution in [3.63, 3.8) is 0 Å². The largest absolute Gasteiger partial charge is 0.363 e. The molecule has 4 aliphatic carbocycles. The minimum Gasteiger partial charge on any atom is -0.363 e. The maximum absolute atomic E-state index is 12.3. The summed E-state index contributed by atoms with van der Waals surface area (Å²) < 4.78 is 12.3. The fourth-order valence-electron chi connectivity index (χ4n) is 14.2. The number of nitrogens with zero attached hydrogens (tertiary/aromatic N) is 4. The van der Waals surface area contributed by atoms with Crippen molar-refractivity contribution in [1.82, 2.24) is 15.2 Å². The van der Waals surface area contributed by atoms with Crippen LogP contribution in [0.2, 0.25) is 0 Å². The molecule has 0 aromatic carbocycles. The Morgan fingerprint density at radius 1 is 0.980 bits per heavy atom. The number of hydrogen-bond donors (Lipinski definition) is 1. The molecule has 0 bridgehead atoms. The van der Waals surface area contributed by atoms with Crippen LogP contribution in [-0.2, 0) is 9.52 Å². The summed E-state index contributed by atoms with van der Waals surface area (Å²) in [6.07, 6.45) is 15.2. The second-order valence-corrected chi connectivity index (χ2v) is 22.1. The first-order valence-corrected chi connectivity index (χ1v) is 22.2. The van der Waals surface area contributed by atoms with Crippen LogP contribution >= 0.6 is 0 Å². The van der Waals surface area contributed by atoms with Crippen molar-refractivity contribution >= 4 is 26.9 Å². The Bertz CT molecular complexity index is 1580. The molecule has 1 aromatic rings. The minimum absolute atomic E-state index is 0.0418. The van der Waals surface area contributed by atoms with E-state index >= 15 is 0 Å². The van der Waals surface area contributed by atoms with Crippen molar-refractivity contribution in [2.24, 2.45) is 51.2 Å². The number of allylic oxidation sites excluding steroid dienone is 1. The molecule has 0 unspecified atom stereocenters. The number of fused-ring (bicyclic) bond motifs is 7. The topological polar surface area (TPSA) is 52.8 Å². The molecule has 0 radical (unpaired) electrons.